The molecule has 1 heterocycles. The first kappa shape index (κ1) is 16.8. The molecule has 0 spiro atoms. The van der Waals surface area contributed by atoms with Crippen molar-refractivity contribution in [3.05, 3.63) is 35.9 Å². The van der Waals surface area contributed by atoms with Crippen molar-refractivity contribution < 1.29 is 23.1 Å². The van der Waals surface area contributed by atoms with E-state index >= 15 is 0 Å². The fourth-order valence-corrected chi connectivity index (χ4v) is 2.74. The Morgan fingerprint density at radius 3 is 2.27 bits per heavy atom. The van der Waals surface area contributed by atoms with E-state index in [1.807, 2.05) is 30.3 Å². The van der Waals surface area contributed by atoms with Crippen LogP contribution in [0.5, 0.6) is 0 Å². The van der Waals surface area contributed by atoms with Crippen molar-refractivity contribution in [2.45, 2.75) is 37.1 Å². The van der Waals surface area contributed by atoms with Crippen LogP contribution in [0.4, 0.5) is 13.2 Å². The number of likely N-dealkylation sites (tertiary alicyclic amines) is 1. The third-order valence-corrected chi connectivity index (χ3v) is 4.19. The molecule has 4 nitrogen and oxygen atoms in total. The van der Waals surface area contributed by atoms with E-state index in [1.54, 1.807) is 4.90 Å². The van der Waals surface area contributed by atoms with Crippen molar-refractivity contribution in [1.29, 1.82) is 0 Å². The third-order valence-electron chi connectivity index (χ3n) is 4.19. The SMILES string of the molecule is NC(=O)C(Cc1ccccc1)N1CCC(O)(C(F)(F)F)CC1. The maximum atomic E-state index is 12.8. The number of halogens is 3. The molecule has 1 aromatic carbocycles. The molecule has 2 rings (SSSR count). The Morgan fingerprint density at radius 1 is 1.27 bits per heavy atom. The normalized spacial score (nSPS) is 20.5. The van der Waals surface area contributed by atoms with Gasteiger partial charge in [0.15, 0.2) is 5.60 Å². The summed E-state index contributed by atoms with van der Waals surface area (Å²) in [7, 11) is 0. The molecule has 1 aliphatic rings. The van der Waals surface area contributed by atoms with Gasteiger partial charge in [-0.2, -0.15) is 13.2 Å². The zero-order valence-electron chi connectivity index (χ0n) is 12.0. The van der Waals surface area contributed by atoms with Crippen LogP contribution in [0.25, 0.3) is 0 Å². The van der Waals surface area contributed by atoms with Crippen LogP contribution < -0.4 is 5.73 Å². The molecular weight excluding hydrogens is 297 g/mol. The number of carbonyl (C=O) groups excluding carboxylic acids is 1. The predicted octanol–water partition coefficient (Wildman–Crippen LogP) is 1.47. The van der Waals surface area contributed by atoms with E-state index in [-0.39, 0.29) is 13.1 Å². The highest BCUT2D eigenvalue weighted by molar-refractivity contribution is 5.80. The Kier molecular flexibility index (Phi) is 4.77. The van der Waals surface area contributed by atoms with Crippen LogP contribution in [-0.2, 0) is 11.2 Å². The number of primary amides is 1. The molecule has 1 amide bonds. The number of amides is 1. The molecular formula is C15H19F3N2O2. The summed E-state index contributed by atoms with van der Waals surface area (Å²) in [6, 6.07) is 8.50. The number of hydrogen-bond donors (Lipinski definition) is 2. The second-order valence-corrected chi connectivity index (χ2v) is 5.67. The molecule has 0 aliphatic carbocycles. The van der Waals surface area contributed by atoms with Crippen molar-refractivity contribution in [1.82, 2.24) is 4.90 Å². The van der Waals surface area contributed by atoms with E-state index in [9.17, 15) is 23.1 Å². The quantitative estimate of drug-likeness (QED) is 0.884. The van der Waals surface area contributed by atoms with Gasteiger partial charge in [0.2, 0.25) is 5.91 Å². The van der Waals surface area contributed by atoms with Crippen LogP contribution in [0.3, 0.4) is 0 Å². The molecule has 0 saturated carbocycles. The summed E-state index contributed by atoms with van der Waals surface area (Å²) in [5, 5.41) is 9.67. The van der Waals surface area contributed by atoms with Gasteiger partial charge in [0.25, 0.3) is 0 Å². The number of benzene rings is 1. The third kappa shape index (κ3) is 3.59. The Bertz CT molecular complexity index is 511. The van der Waals surface area contributed by atoms with Crippen molar-refractivity contribution in [2.24, 2.45) is 5.73 Å². The molecule has 1 aliphatic heterocycles. The molecule has 0 aromatic heterocycles. The first-order valence-corrected chi connectivity index (χ1v) is 7.09. The molecule has 1 fully saturated rings. The van der Waals surface area contributed by atoms with Gasteiger partial charge in [0, 0.05) is 13.1 Å². The van der Waals surface area contributed by atoms with Crippen LogP contribution >= 0.6 is 0 Å². The van der Waals surface area contributed by atoms with Crippen molar-refractivity contribution >= 4 is 5.91 Å². The molecule has 3 N–H and O–H groups in total. The fraction of sp³-hybridized carbons (Fsp3) is 0.533. The number of piperidine rings is 1. The summed E-state index contributed by atoms with van der Waals surface area (Å²) in [4.78, 5) is 13.3. The predicted molar refractivity (Wildman–Crippen MR) is 74.9 cm³/mol. The number of hydrogen-bond acceptors (Lipinski definition) is 3. The van der Waals surface area contributed by atoms with Gasteiger partial charge in [-0.25, -0.2) is 0 Å². The highest BCUT2D eigenvalue weighted by Gasteiger charge is 2.55. The molecule has 122 valence electrons. The van der Waals surface area contributed by atoms with Crippen LogP contribution in [-0.4, -0.2) is 46.8 Å². The first-order chi connectivity index (χ1) is 10.2. The first-order valence-electron chi connectivity index (χ1n) is 7.09. The minimum absolute atomic E-state index is 0.0174. The molecule has 1 aromatic rings. The van der Waals surface area contributed by atoms with Crippen LogP contribution in [0, 0.1) is 0 Å². The molecule has 22 heavy (non-hydrogen) atoms. The van der Waals surface area contributed by atoms with E-state index in [0.717, 1.165) is 5.56 Å². The van der Waals surface area contributed by atoms with Gasteiger partial charge in [-0.15, -0.1) is 0 Å². The molecule has 1 saturated heterocycles. The Labute approximate surface area is 126 Å². The van der Waals surface area contributed by atoms with E-state index in [4.69, 9.17) is 5.73 Å². The minimum atomic E-state index is -4.65. The van der Waals surface area contributed by atoms with E-state index < -0.39 is 36.6 Å². The summed E-state index contributed by atoms with van der Waals surface area (Å²) in [5.74, 6) is -0.568. The molecule has 7 heteroatoms. The fourth-order valence-electron chi connectivity index (χ4n) is 2.74. The molecule has 0 bridgehead atoms. The van der Waals surface area contributed by atoms with E-state index in [0.29, 0.717) is 6.42 Å². The smallest absolute Gasteiger partial charge is 0.380 e. The zero-order chi connectivity index (χ0) is 16.4. The number of nitrogens with two attached hydrogens (primary N) is 1. The number of carbonyl (C=O) groups is 1. The highest BCUT2D eigenvalue weighted by atomic mass is 19.4. The topological polar surface area (TPSA) is 66.6 Å². The highest BCUT2D eigenvalue weighted by Crippen LogP contribution is 2.38. The Morgan fingerprint density at radius 2 is 1.82 bits per heavy atom. The monoisotopic (exact) mass is 316 g/mol. The second-order valence-electron chi connectivity index (χ2n) is 5.67. The molecule has 0 radical (unpaired) electrons. The number of alkyl halides is 3. The lowest BCUT2D eigenvalue weighted by Crippen LogP contribution is -2.57. The standard InChI is InChI=1S/C15H19F3N2O2/c16-15(17,18)14(22)6-8-20(9-7-14)12(13(19)21)10-11-4-2-1-3-5-11/h1-5,12,22H,6-10H2,(H2,19,21). The van der Waals surface area contributed by atoms with Gasteiger partial charge in [0.05, 0.1) is 6.04 Å². The van der Waals surface area contributed by atoms with Gasteiger partial charge in [-0.1, -0.05) is 30.3 Å². The van der Waals surface area contributed by atoms with Gasteiger partial charge in [-0.05, 0) is 24.8 Å². The van der Waals surface area contributed by atoms with Crippen LogP contribution in [0.15, 0.2) is 30.3 Å². The maximum absolute atomic E-state index is 12.8. The largest absolute Gasteiger partial charge is 0.417 e. The maximum Gasteiger partial charge on any atom is 0.417 e. The molecule has 1 unspecified atom stereocenters. The minimum Gasteiger partial charge on any atom is -0.380 e. The summed E-state index contributed by atoms with van der Waals surface area (Å²) in [6.07, 6.45) is -5.20. The average molecular weight is 316 g/mol. The van der Waals surface area contributed by atoms with Gasteiger partial charge in [0.1, 0.15) is 0 Å². The zero-order valence-corrected chi connectivity index (χ0v) is 12.0. The number of nitrogens with zero attached hydrogens (tertiary/aromatic N) is 1. The van der Waals surface area contributed by atoms with Crippen molar-refractivity contribution in [3.8, 4) is 0 Å². The average Bonchev–Trinajstić information content (AvgIpc) is 2.46. The summed E-state index contributed by atoms with van der Waals surface area (Å²) < 4.78 is 38.4. The van der Waals surface area contributed by atoms with Crippen molar-refractivity contribution in [3.63, 3.8) is 0 Å². The lowest BCUT2D eigenvalue weighted by Gasteiger charge is -2.41. The Hall–Kier alpha value is -1.60. The van der Waals surface area contributed by atoms with Crippen LogP contribution in [0.2, 0.25) is 0 Å². The second kappa shape index (κ2) is 6.26. The van der Waals surface area contributed by atoms with E-state index in [2.05, 4.69) is 0 Å². The number of aliphatic hydroxyl groups is 1. The van der Waals surface area contributed by atoms with Crippen molar-refractivity contribution in [2.75, 3.05) is 13.1 Å². The number of rotatable bonds is 4. The summed E-state index contributed by atoms with van der Waals surface area (Å²) in [5.41, 5.74) is 3.63. The Balaban J connectivity index is 2.05. The molecule has 1 atom stereocenters. The van der Waals surface area contributed by atoms with Gasteiger partial charge < -0.3 is 10.8 Å². The van der Waals surface area contributed by atoms with Crippen LogP contribution in [0.1, 0.15) is 18.4 Å². The van der Waals surface area contributed by atoms with Gasteiger partial charge >= 0.3 is 6.18 Å². The summed E-state index contributed by atoms with van der Waals surface area (Å²) in [6.45, 7) is -0.0348. The lowest BCUT2D eigenvalue weighted by molar-refractivity contribution is -0.273. The van der Waals surface area contributed by atoms with E-state index in [1.165, 1.54) is 0 Å². The lowest BCUT2D eigenvalue weighted by atomic mass is 9.89. The summed E-state index contributed by atoms with van der Waals surface area (Å²) >= 11 is 0. The van der Waals surface area contributed by atoms with Gasteiger partial charge in [-0.3, -0.25) is 9.69 Å².